The van der Waals surface area contributed by atoms with E-state index in [1.165, 1.54) is 0 Å². The molecule has 0 atom stereocenters. The summed E-state index contributed by atoms with van der Waals surface area (Å²) in [6.45, 7) is 1.88. The van der Waals surface area contributed by atoms with E-state index in [0.717, 1.165) is 11.1 Å². The third-order valence-electron chi connectivity index (χ3n) is 3.54. The summed E-state index contributed by atoms with van der Waals surface area (Å²) in [6, 6.07) is 14.3. The Hall–Kier alpha value is -2.88. The molecule has 0 aliphatic rings. The van der Waals surface area contributed by atoms with Gasteiger partial charge in [0.1, 0.15) is 5.56 Å². The van der Waals surface area contributed by atoms with Crippen LogP contribution >= 0.6 is 0 Å². The standard InChI is InChI=1S/C17H13NO3/c1-10-6-2-3-7-11(10)15-14(17(20)21)16(19)12-8-4-5-9-13(12)18-15/h2-9H,1H3,(H,18,19)(H,20,21). The number of nitrogens with one attached hydrogen (secondary N) is 1. The summed E-state index contributed by atoms with van der Waals surface area (Å²) < 4.78 is 0. The minimum atomic E-state index is -1.22. The van der Waals surface area contributed by atoms with E-state index in [4.69, 9.17) is 0 Å². The lowest BCUT2D eigenvalue weighted by Gasteiger charge is -2.11. The summed E-state index contributed by atoms with van der Waals surface area (Å²) >= 11 is 0. The first-order chi connectivity index (χ1) is 10.1. The van der Waals surface area contributed by atoms with E-state index >= 15 is 0 Å². The van der Waals surface area contributed by atoms with E-state index < -0.39 is 11.4 Å². The van der Waals surface area contributed by atoms with Crippen LogP contribution in [0.3, 0.4) is 0 Å². The van der Waals surface area contributed by atoms with Gasteiger partial charge in [-0.05, 0) is 24.6 Å². The van der Waals surface area contributed by atoms with Gasteiger partial charge in [0.25, 0.3) is 0 Å². The van der Waals surface area contributed by atoms with E-state index in [2.05, 4.69) is 4.98 Å². The van der Waals surface area contributed by atoms with Gasteiger partial charge in [0, 0.05) is 16.5 Å². The molecule has 0 spiro atoms. The van der Waals surface area contributed by atoms with Crippen LogP contribution < -0.4 is 5.43 Å². The number of H-pyrrole nitrogens is 1. The van der Waals surface area contributed by atoms with Crippen LogP contribution in [0.2, 0.25) is 0 Å². The second-order valence-electron chi connectivity index (χ2n) is 4.87. The molecule has 0 fully saturated rings. The minimum absolute atomic E-state index is 0.219. The maximum absolute atomic E-state index is 12.5. The first-order valence-electron chi connectivity index (χ1n) is 6.54. The van der Waals surface area contributed by atoms with Gasteiger partial charge < -0.3 is 10.1 Å². The van der Waals surface area contributed by atoms with Crippen LogP contribution in [-0.2, 0) is 0 Å². The van der Waals surface area contributed by atoms with Crippen molar-refractivity contribution in [2.45, 2.75) is 6.92 Å². The number of benzene rings is 2. The molecule has 2 aromatic carbocycles. The van der Waals surface area contributed by atoms with Gasteiger partial charge in [-0.25, -0.2) is 4.79 Å². The number of aromatic carboxylic acids is 1. The molecule has 104 valence electrons. The summed E-state index contributed by atoms with van der Waals surface area (Å²) in [6.07, 6.45) is 0. The lowest BCUT2D eigenvalue weighted by atomic mass is 9.99. The molecule has 1 aromatic heterocycles. The zero-order chi connectivity index (χ0) is 15.0. The predicted octanol–water partition coefficient (Wildman–Crippen LogP) is 3.20. The number of fused-ring (bicyclic) bond motifs is 1. The average molecular weight is 279 g/mol. The number of carboxylic acids is 1. The molecule has 21 heavy (non-hydrogen) atoms. The topological polar surface area (TPSA) is 70.2 Å². The van der Waals surface area contributed by atoms with Gasteiger partial charge in [-0.15, -0.1) is 0 Å². The Balaban J connectivity index is 2.47. The highest BCUT2D eigenvalue weighted by molar-refractivity contribution is 5.99. The third-order valence-corrected chi connectivity index (χ3v) is 3.54. The molecular weight excluding hydrogens is 266 g/mol. The number of aromatic nitrogens is 1. The predicted molar refractivity (Wildman–Crippen MR) is 81.7 cm³/mol. The number of carboxylic acid groups (broad SMARTS) is 1. The Labute approximate surface area is 120 Å². The zero-order valence-electron chi connectivity index (χ0n) is 11.4. The number of aromatic amines is 1. The van der Waals surface area contributed by atoms with Gasteiger partial charge >= 0.3 is 5.97 Å². The van der Waals surface area contributed by atoms with Crippen LogP contribution in [0.4, 0.5) is 0 Å². The lowest BCUT2D eigenvalue weighted by molar-refractivity contribution is 0.0696. The van der Waals surface area contributed by atoms with Crippen molar-refractivity contribution in [3.8, 4) is 11.3 Å². The van der Waals surface area contributed by atoms with Crippen LogP contribution in [-0.4, -0.2) is 16.1 Å². The van der Waals surface area contributed by atoms with Gasteiger partial charge in [0.15, 0.2) is 0 Å². The molecule has 0 aliphatic heterocycles. The van der Waals surface area contributed by atoms with Crippen LogP contribution in [0.5, 0.6) is 0 Å². The number of aryl methyl sites for hydroxylation is 1. The van der Waals surface area contributed by atoms with Gasteiger partial charge in [-0.2, -0.15) is 0 Å². The summed E-state index contributed by atoms with van der Waals surface area (Å²) in [4.78, 5) is 27.1. The fraction of sp³-hybridized carbons (Fsp3) is 0.0588. The Morgan fingerprint density at radius 3 is 2.43 bits per heavy atom. The van der Waals surface area contributed by atoms with Crippen LogP contribution in [0, 0.1) is 6.92 Å². The summed E-state index contributed by atoms with van der Waals surface area (Å²) in [5.41, 5.74) is 1.93. The first-order valence-corrected chi connectivity index (χ1v) is 6.54. The lowest BCUT2D eigenvalue weighted by Crippen LogP contribution is -2.18. The largest absolute Gasteiger partial charge is 0.477 e. The Kier molecular flexibility index (Phi) is 3.06. The van der Waals surface area contributed by atoms with Gasteiger partial charge in [-0.3, -0.25) is 4.79 Å². The molecule has 2 N–H and O–H groups in total. The number of para-hydroxylation sites is 1. The van der Waals surface area contributed by atoms with Gasteiger partial charge in [-0.1, -0.05) is 36.4 Å². The van der Waals surface area contributed by atoms with E-state index in [1.54, 1.807) is 24.3 Å². The fourth-order valence-corrected chi connectivity index (χ4v) is 2.49. The first kappa shape index (κ1) is 13.1. The summed E-state index contributed by atoms with van der Waals surface area (Å²) in [5, 5.41) is 9.82. The molecule has 0 aliphatic carbocycles. The molecule has 3 rings (SSSR count). The normalized spacial score (nSPS) is 10.7. The van der Waals surface area contributed by atoms with Gasteiger partial charge in [0.2, 0.25) is 5.43 Å². The van der Waals surface area contributed by atoms with E-state index in [1.807, 2.05) is 31.2 Å². The highest BCUT2D eigenvalue weighted by atomic mass is 16.4. The van der Waals surface area contributed by atoms with Crippen LogP contribution in [0.1, 0.15) is 15.9 Å². The Morgan fingerprint density at radius 2 is 1.71 bits per heavy atom. The quantitative estimate of drug-likeness (QED) is 0.756. The minimum Gasteiger partial charge on any atom is -0.477 e. The molecule has 1 heterocycles. The second kappa shape index (κ2) is 4.90. The van der Waals surface area contributed by atoms with Crippen LogP contribution in [0.25, 0.3) is 22.2 Å². The number of rotatable bonds is 2. The SMILES string of the molecule is Cc1ccccc1-c1[nH]c2ccccc2c(=O)c1C(=O)O. The number of pyridine rings is 1. The van der Waals surface area contributed by atoms with E-state index in [-0.39, 0.29) is 5.56 Å². The number of hydrogen-bond donors (Lipinski definition) is 2. The van der Waals surface area contributed by atoms with Crippen molar-refractivity contribution in [2.24, 2.45) is 0 Å². The Morgan fingerprint density at radius 1 is 1.05 bits per heavy atom. The molecule has 0 saturated heterocycles. The number of carbonyl (C=O) groups is 1. The highest BCUT2D eigenvalue weighted by Crippen LogP contribution is 2.25. The zero-order valence-corrected chi connectivity index (χ0v) is 11.4. The molecule has 4 heteroatoms. The van der Waals surface area contributed by atoms with Gasteiger partial charge in [0.05, 0.1) is 5.69 Å². The maximum Gasteiger partial charge on any atom is 0.341 e. The van der Waals surface area contributed by atoms with Crippen molar-refractivity contribution in [2.75, 3.05) is 0 Å². The monoisotopic (exact) mass is 279 g/mol. The Bertz CT molecular complexity index is 909. The van der Waals surface area contributed by atoms with Crippen molar-refractivity contribution in [3.05, 3.63) is 69.9 Å². The summed E-state index contributed by atoms with van der Waals surface area (Å²) in [5.74, 6) is -1.22. The van der Waals surface area contributed by atoms with Crippen molar-refractivity contribution in [1.82, 2.24) is 4.98 Å². The maximum atomic E-state index is 12.5. The molecule has 0 saturated carbocycles. The van der Waals surface area contributed by atoms with E-state index in [9.17, 15) is 14.7 Å². The van der Waals surface area contributed by atoms with Crippen molar-refractivity contribution >= 4 is 16.9 Å². The molecule has 0 amide bonds. The van der Waals surface area contributed by atoms with Crippen molar-refractivity contribution < 1.29 is 9.90 Å². The molecule has 0 unspecified atom stereocenters. The van der Waals surface area contributed by atoms with Crippen molar-refractivity contribution in [1.29, 1.82) is 0 Å². The molecule has 0 bridgehead atoms. The average Bonchev–Trinajstić information content (AvgIpc) is 2.47. The molecule has 4 nitrogen and oxygen atoms in total. The van der Waals surface area contributed by atoms with E-state index in [0.29, 0.717) is 16.6 Å². The molecule has 3 aromatic rings. The number of hydrogen-bond acceptors (Lipinski definition) is 2. The molecular formula is C17H13NO3. The second-order valence-corrected chi connectivity index (χ2v) is 4.87. The summed E-state index contributed by atoms with van der Waals surface area (Å²) in [7, 11) is 0. The third kappa shape index (κ3) is 2.10. The van der Waals surface area contributed by atoms with Crippen molar-refractivity contribution in [3.63, 3.8) is 0 Å². The highest BCUT2D eigenvalue weighted by Gasteiger charge is 2.20. The van der Waals surface area contributed by atoms with Crippen LogP contribution in [0.15, 0.2) is 53.3 Å². The molecule has 0 radical (unpaired) electrons. The fourth-order valence-electron chi connectivity index (χ4n) is 2.49. The smallest absolute Gasteiger partial charge is 0.341 e.